The number of ether oxygens (including phenoxy) is 1. The van der Waals surface area contributed by atoms with E-state index >= 15 is 0 Å². The molecule has 29 heavy (non-hydrogen) atoms. The average molecular weight is 412 g/mol. The van der Waals surface area contributed by atoms with Crippen molar-refractivity contribution in [2.45, 2.75) is 52.6 Å². The monoisotopic (exact) mass is 412 g/mol. The van der Waals surface area contributed by atoms with Crippen molar-refractivity contribution in [2.24, 2.45) is 12.0 Å². The van der Waals surface area contributed by atoms with Crippen molar-refractivity contribution in [1.29, 1.82) is 0 Å². The Labute approximate surface area is 168 Å². The van der Waals surface area contributed by atoms with Gasteiger partial charge in [0.15, 0.2) is 11.8 Å². The molecule has 0 saturated heterocycles. The number of aryl methyl sites for hydroxylation is 1. The maximum atomic E-state index is 13.6. The molecule has 0 unspecified atom stereocenters. The molecule has 10 heteroatoms. The van der Waals surface area contributed by atoms with Crippen molar-refractivity contribution in [3.05, 3.63) is 41.5 Å². The number of benzene rings is 1. The fourth-order valence-corrected chi connectivity index (χ4v) is 2.51. The van der Waals surface area contributed by atoms with Crippen LogP contribution in [0.4, 0.5) is 13.2 Å². The van der Waals surface area contributed by atoms with Gasteiger partial charge in [0, 0.05) is 13.6 Å². The standard InChI is InChI=1S/C19H27F3N6O/c1-6-23-17(25-11-16-27-26-12-28(16)5)24-10-13-7-8-14(29-18(2,3)4)9-15(13)19(20,21)22/h7-9,12H,6,10-11H2,1-5H3,(H2,23,24,25). The molecular formula is C19H27F3N6O. The number of aromatic nitrogens is 3. The maximum Gasteiger partial charge on any atom is 0.416 e. The second kappa shape index (κ2) is 9.15. The zero-order chi connectivity index (χ0) is 21.7. The van der Waals surface area contributed by atoms with Crippen LogP contribution in [0.15, 0.2) is 29.5 Å². The van der Waals surface area contributed by atoms with Gasteiger partial charge < -0.3 is 19.9 Å². The van der Waals surface area contributed by atoms with Crippen molar-refractivity contribution >= 4 is 5.96 Å². The quantitative estimate of drug-likeness (QED) is 0.563. The van der Waals surface area contributed by atoms with Crippen LogP contribution in [0.1, 0.15) is 44.6 Å². The molecule has 0 atom stereocenters. The van der Waals surface area contributed by atoms with Crippen LogP contribution in [0, 0.1) is 0 Å². The highest BCUT2D eigenvalue weighted by atomic mass is 19.4. The van der Waals surface area contributed by atoms with Crippen molar-refractivity contribution in [2.75, 3.05) is 6.54 Å². The van der Waals surface area contributed by atoms with Gasteiger partial charge in [0.25, 0.3) is 0 Å². The Kier molecular flexibility index (Phi) is 7.10. The lowest BCUT2D eigenvalue weighted by Gasteiger charge is -2.22. The number of nitrogens with one attached hydrogen (secondary N) is 2. The molecule has 0 radical (unpaired) electrons. The number of aliphatic imine (C=N–C) groups is 1. The maximum absolute atomic E-state index is 13.6. The average Bonchev–Trinajstić information content (AvgIpc) is 3.01. The smallest absolute Gasteiger partial charge is 0.416 e. The molecular weight excluding hydrogens is 385 g/mol. The molecule has 0 bridgehead atoms. The summed E-state index contributed by atoms with van der Waals surface area (Å²) in [5.41, 5.74) is -1.29. The third-order valence-corrected chi connectivity index (χ3v) is 3.78. The first kappa shape index (κ1) is 22.5. The Bertz CT molecular complexity index is 839. The Morgan fingerprint density at radius 3 is 2.48 bits per heavy atom. The minimum absolute atomic E-state index is 0.0645. The van der Waals surface area contributed by atoms with Crippen molar-refractivity contribution in [3.8, 4) is 5.75 Å². The van der Waals surface area contributed by atoms with Gasteiger partial charge in [-0.2, -0.15) is 13.2 Å². The van der Waals surface area contributed by atoms with Gasteiger partial charge in [-0.3, -0.25) is 0 Å². The summed E-state index contributed by atoms with van der Waals surface area (Å²) in [7, 11) is 1.80. The third kappa shape index (κ3) is 6.95. The van der Waals surface area contributed by atoms with Crippen LogP contribution in [0.25, 0.3) is 0 Å². The van der Waals surface area contributed by atoms with E-state index in [1.807, 2.05) is 6.92 Å². The second-order valence-corrected chi connectivity index (χ2v) is 7.44. The molecule has 0 saturated carbocycles. The van der Waals surface area contributed by atoms with Gasteiger partial charge in [-0.15, -0.1) is 10.2 Å². The first-order chi connectivity index (χ1) is 13.5. The predicted octanol–water partition coefficient (Wildman–Crippen LogP) is 3.27. The summed E-state index contributed by atoms with van der Waals surface area (Å²) in [6.45, 7) is 7.98. The molecule has 0 amide bonds. The van der Waals surface area contributed by atoms with Crippen LogP contribution in [-0.4, -0.2) is 32.9 Å². The molecule has 0 aliphatic heterocycles. The van der Waals surface area contributed by atoms with Gasteiger partial charge in [0.1, 0.15) is 17.7 Å². The largest absolute Gasteiger partial charge is 0.488 e. The molecule has 2 aromatic rings. The highest BCUT2D eigenvalue weighted by Crippen LogP contribution is 2.35. The zero-order valence-electron chi connectivity index (χ0n) is 17.3. The van der Waals surface area contributed by atoms with Crippen LogP contribution in [-0.2, 0) is 26.3 Å². The fourth-order valence-electron chi connectivity index (χ4n) is 2.51. The number of guanidine groups is 1. The molecule has 0 spiro atoms. The summed E-state index contributed by atoms with van der Waals surface area (Å²) in [5.74, 6) is 1.23. The van der Waals surface area contributed by atoms with Crippen LogP contribution >= 0.6 is 0 Å². The Morgan fingerprint density at radius 2 is 1.93 bits per heavy atom. The van der Waals surface area contributed by atoms with E-state index in [0.29, 0.717) is 24.9 Å². The Balaban J connectivity index is 2.21. The third-order valence-electron chi connectivity index (χ3n) is 3.78. The second-order valence-electron chi connectivity index (χ2n) is 7.44. The van der Waals surface area contributed by atoms with Crippen LogP contribution in [0.5, 0.6) is 5.75 Å². The van der Waals surface area contributed by atoms with Crippen LogP contribution in [0.2, 0.25) is 0 Å². The van der Waals surface area contributed by atoms with Crippen LogP contribution < -0.4 is 15.4 Å². The van der Waals surface area contributed by atoms with Gasteiger partial charge >= 0.3 is 6.18 Å². The molecule has 0 fully saturated rings. The van der Waals surface area contributed by atoms with E-state index in [0.717, 1.165) is 6.07 Å². The Morgan fingerprint density at radius 1 is 1.21 bits per heavy atom. The van der Waals surface area contributed by atoms with E-state index in [1.165, 1.54) is 12.1 Å². The van der Waals surface area contributed by atoms with Gasteiger partial charge in [-0.1, -0.05) is 6.07 Å². The van der Waals surface area contributed by atoms with Crippen molar-refractivity contribution in [3.63, 3.8) is 0 Å². The number of rotatable bonds is 6. The minimum atomic E-state index is -4.51. The molecule has 1 heterocycles. The summed E-state index contributed by atoms with van der Waals surface area (Å²) in [6.07, 6.45) is -2.94. The predicted molar refractivity (Wildman–Crippen MR) is 104 cm³/mol. The molecule has 0 aliphatic carbocycles. The van der Waals surface area contributed by atoms with E-state index in [4.69, 9.17) is 4.74 Å². The molecule has 2 rings (SSSR count). The summed E-state index contributed by atoms with van der Waals surface area (Å²) in [6, 6.07) is 3.96. The SMILES string of the molecule is CCNC(=NCc1ccc(OC(C)(C)C)cc1C(F)(F)F)NCc1nncn1C. The van der Waals surface area contributed by atoms with E-state index in [2.05, 4.69) is 25.8 Å². The van der Waals surface area contributed by atoms with E-state index in [-0.39, 0.29) is 17.9 Å². The van der Waals surface area contributed by atoms with Gasteiger partial charge in [0.2, 0.25) is 0 Å². The highest BCUT2D eigenvalue weighted by Gasteiger charge is 2.34. The highest BCUT2D eigenvalue weighted by molar-refractivity contribution is 5.79. The van der Waals surface area contributed by atoms with Gasteiger partial charge in [-0.25, -0.2) is 4.99 Å². The number of hydrogen-bond acceptors (Lipinski definition) is 4. The molecule has 1 aromatic heterocycles. The van der Waals surface area contributed by atoms with Gasteiger partial charge in [-0.05, 0) is 45.4 Å². The molecule has 2 N–H and O–H groups in total. The summed E-state index contributed by atoms with van der Waals surface area (Å²) in [4.78, 5) is 4.29. The number of alkyl halides is 3. The van der Waals surface area contributed by atoms with E-state index in [1.54, 1.807) is 38.7 Å². The van der Waals surface area contributed by atoms with E-state index in [9.17, 15) is 13.2 Å². The van der Waals surface area contributed by atoms with E-state index < -0.39 is 17.3 Å². The topological polar surface area (TPSA) is 76.4 Å². The van der Waals surface area contributed by atoms with Crippen molar-refractivity contribution in [1.82, 2.24) is 25.4 Å². The molecule has 0 aliphatic rings. The van der Waals surface area contributed by atoms with Crippen LogP contribution in [0.3, 0.4) is 0 Å². The minimum Gasteiger partial charge on any atom is -0.488 e. The lowest BCUT2D eigenvalue weighted by Crippen LogP contribution is -2.37. The lowest BCUT2D eigenvalue weighted by atomic mass is 10.1. The first-order valence-electron chi connectivity index (χ1n) is 9.24. The first-order valence-corrected chi connectivity index (χ1v) is 9.24. The summed E-state index contributed by atoms with van der Waals surface area (Å²) in [5, 5.41) is 13.8. The van der Waals surface area contributed by atoms with Crippen molar-refractivity contribution < 1.29 is 17.9 Å². The lowest BCUT2D eigenvalue weighted by molar-refractivity contribution is -0.138. The Hall–Kier alpha value is -2.78. The zero-order valence-corrected chi connectivity index (χ0v) is 17.3. The number of hydrogen-bond donors (Lipinski definition) is 2. The number of halogens is 3. The molecule has 7 nitrogen and oxygen atoms in total. The number of nitrogens with zero attached hydrogens (tertiary/aromatic N) is 4. The molecule has 1 aromatic carbocycles. The normalized spacial score (nSPS) is 12.8. The molecule has 160 valence electrons. The summed E-state index contributed by atoms with van der Waals surface area (Å²) < 4.78 is 48.0. The van der Waals surface area contributed by atoms with Gasteiger partial charge in [0.05, 0.1) is 18.7 Å². The fraction of sp³-hybridized carbons (Fsp3) is 0.526. The summed E-state index contributed by atoms with van der Waals surface area (Å²) >= 11 is 0.